The van der Waals surface area contributed by atoms with Gasteiger partial charge in [0.1, 0.15) is 0 Å². The first-order chi connectivity index (χ1) is 7.59. The van der Waals surface area contributed by atoms with Crippen LogP contribution in [0.5, 0.6) is 5.75 Å². The number of halogens is 2. The first-order valence-corrected chi connectivity index (χ1v) is 6.66. The van der Waals surface area contributed by atoms with Crippen molar-refractivity contribution in [3.8, 4) is 5.75 Å². The molecule has 1 aliphatic rings. The summed E-state index contributed by atoms with van der Waals surface area (Å²) >= 11 is 6.52. The van der Waals surface area contributed by atoms with Gasteiger partial charge >= 0.3 is 0 Å². The summed E-state index contributed by atoms with van der Waals surface area (Å²) in [7, 11) is 0. The van der Waals surface area contributed by atoms with Crippen LogP contribution in [0.2, 0.25) is 0 Å². The van der Waals surface area contributed by atoms with Crippen LogP contribution >= 0.6 is 31.9 Å². The van der Waals surface area contributed by atoms with Crippen molar-refractivity contribution in [3.63, 3.8) is 0 Å². The second-order valence-corrected chi connectivity index (χ2v) is 5.52. The standard InChI is InChI=1S/C11H11Br2NO2/c12-7-4-5-8(10(15)9(7)13)14-11(16)6-2-1-3-6/h4-6,15H,1-3H2,(H,14,16). The van der Waals surface area contributed by atoms with E-state index in [1.807, 2.05) is 0 Å². The van der Waals surface area contributed by atoms with E-state index in [1.165, 1.54) is 0 Å². The van der Waals surface area contributed by atoms with Crippen LogP contribution in [0.4, 0.5) is 5.69 Å². The molecule has 0 bridgehead atoms. The van der Waals surface area contributed by atoms with Gasteiger partial charge in [-0.15, -0.1) is 0 Å². The van der Waals surface area contributed by atoms with Crippen LogP contribution in [-0.4, -0.2) is 11.0 Å². The van der Waals surface area contributed by atoms with Gasteiger partial charge in [0.25, 0.3) is 0 Å². The van der Waals surface area contributed by atoms with Gasteiger partial charge < -0.3 is 10.4 Å². The van der Waals surface area contributed by atoms with Crippen LogP contribution in [0.15, 0.2) is 21.1 Å². The molecule has 1 fully saturated rings. The zero-order chi connectivity index (χ0) is 11.7. The number of hydrogen-bond acceptors (Lipinski definition) is 2. The minimum atomic E-state index is -0.00391. The summed E-state index contributed by atoms with van der Waals surface area (Å²) < 4.78 is 1.31. The van der Waals surface area contributed by atoms with Gasteiger partial charge in [0.05, 0.1) is 10.2 Å². The number of hydrogen-bond donors (Lipinski definition) is 2. The largest absolute Gasteiger partial charge is 0.505 e. The van der Waals surface area contributed by atoms with Gasteiger partial charge in [0.15, 0.2) is 5.75 Å². The maximum Gasteiger partial charge on any atom is 0.227 e. The predicted molar refractivity (Wildman–Crippen MR) is 69.5 cm³/mol. The summed E-state index contributed by atoms with van der Waals surface area (Å²) in [6, 6.07) is 3.46. The van der Waals surface area contributed by atoms with E-state index in [0.29, 0.717) is 10.2 Å². The molecule has 2 rings (SSSR count). The Kier molecular flexibility index (Phi) is 3.54. The summed E-state index contributed by atoms with van der Waals surface area (Å²) in [4.78, 5) is 11.7. The van der Waals surface area contributed by atoms with E-state index in [1.54, 1.807) is 12.1 Å². The van der Waals surface area contributed by atoms with Crippen LogP contribution in [-0.2, 0) is 4.79 Å². The minimum absolute atomic E-state index is 0.00391. The van der Waals surface area contributed by atoms with Crippen LogP contribution < -0.4 is 5.32 Å². The second-order valence-electron chi connectivity index (χ2n) is 3.87. The zero-order valence-corrected chi connectivity index (χ0v) is 11.6. The number of nitrogens with one attached hydrogen (secondary N) is 1. The van der Waals surface area contributed by atoms with Crippen LogP contribution in [0.25, 0.3) is 0 Å². The molecule has 2 N–H and O–H groups in total. The number of anilines is 1. The maximum atomic E-state index is 11.7. The smallest absolute Gasteiger partial charge is 0.227 e. The number of phenolic OH excluding ortho intramolecular Hbond substituents is 1. The lowest BCUT2D eigenvalue weighted by Gasteiger charge is -2.24. The topological polar surface area (TPSA) is 49.3 Å². The lowest BCUT2D eigenvalue weighted by Crippen LogP contribution is -2.28. The fourth-order valence-electron chi connectivity index (χ4n) is 1.55. The summed E-state index contributed by atoms with van der Waals surface area (Å²) in [6.45, 7) is 0. The van der Waals surface area contributed by atoms with E-state index in [-0.39, 0.29) is 17.6 Å². The van der Waals surface area contributed by atoms with Crippen molar-refractivity contribution in [1.29, 1.82) is 0 Å². The second kappa shape index (κ2) is 4.75. The molecule has 1 aromatic rings. The Labute approximate surface area is 110 Å². The first-order valence-electron chi connectivity index (χ1n) is 5.07. The van der Waals surface area contributed by atoms with Crippen molar-refractivity contribution in [2.75, 3.05) is 5.32 Å². The van der Waals surface area contributed by atoms with Crippen molar-refractivity contribution in [1.82, 2.24) is 0 Å². The Bertz CT molecular complexity index is 430. The molecule has 0 atom stereocenters. The fraction of sp³-hybridized carbons (Fsp3) is 0.364. The number of amides is 1. The summed E-state index contributed by atoms with van der Waals surface area (Å²) in [5.74, 6) is 0.166. The lowest BCUT2D eigenvalue weighted by molar-refractivity contribution is -0.122. The molecule has 5 heteroatoms. The zero-order valence-electron chi connectivity index (χ0n) is 8.46. The van der Waals surface area contributed by atoms with Gasteiger partial charge in [0, 0.05) is 10.4 Å². The Morgan fingerprint density at radius 3 is 2.62 bits per heavy atom. The van der Waals surface area contributed by atoms with E-state index >= 15 is 0 Å². The van der Waals surface area contributed by atoms with Crippen LogP contribution in [0.3, 0.4) is 0 Å². The Balaban J connectivity index is 2.15. The fourth-order valence-corrected chi connectivity index (χ4v) is 2.21. The van der Waals surface area contributed by atoms with Crippen molar-refractivity contribution >= 4 is 43.5 Å². The molecule has 86 valence electrons. The molecule has 0 saturated heterocycles. The average molecular weight is 349 g/mol. The molecule has 0 heterocycles. The third kappa shape index (κ3) is 2.25. The van der Waals surface area contributed by atoms with E-state index in [2.05, 4.69) is 37.2 Å². The third-order valence-electron chi connectivity index (χ3n) is 2.80. The highest BCUT2D eigenvalue weighted by Crippen LogP contribution is 2.38. The molecule has 1 saturated carbocycles. The number of benzene rings is 1. The van der Waals surface area contributed by atoms with Gasteiger partial charge in [-0.3, -0.25) is 4.79 Å². The molecule has 1 aromatic carbocycles. The van der Waals surface area contributed by atoms with Crippen molar-refractivity contribution in [3.05, 3.63) is 21.1 Å². The van der Waals surface area contributed by atoms with Gasteiger partial charge in [-0.1, -0.05) is 6.42 Å². The van der Waals surface area contributed by atoms with Crippen molar-refractivity contribution in [2.45, 2.75) is 19.3 Å². The highest BCUT2D eigenvalue weighted by atomic mass is 79.9. The number of carbonyl (C=O) groups excluding carboxylic acids is 1. The third-order valence-corrected chi connectivity index (χ3v) is 4.80. The number of phenols is 1. The molecule has 0 spiro atoms. The molecular formula is C11H11Br2NO2. The van der Waals surface area contributed by atoms with Gasteiger partial charge in [0.2, 0.25) is 5.91 Å². The van der Waals surface area contributed by atoms with Gasteiger partial charge in [-0.05, 0) is 56.8 Å². The molecule has 3 nitrogen and oxygen atoms in total. The minimum Gasteiger partial charge on any atom is -0.505 e. The van der Waals surface area contributed by atoms with E-state index in [9.17, 15) is 9.90 Å². The van der Waals surface area contributed by atoms with Gasteiger partial charge in [-0.25, -0.2) is 0 Å². The molecule has 1 amide bonds. The molecule has 0 aliphatic heterocycles. The Morgan fingerprint density at radius 1 is 1.38 bits per heavy atom. The van der Waals surface area contributed by atoms with Crippen LogP contribution in [0, 0.1) is 5.92 Å². The molecule has 16 heavy (non-hydrogen) atoms. The van der Waals surface area contributed by atoms with Crippen molar-refractivity contribution < 1.29 is 9.90 Å². The highest BCUT2D eigenvalue weighted by Gasteiger charge is 2.26. The molecule has 0 unspecified atom stereocenters. The monoisotopic (exact) mass is 347 g/mol. The lowest BCUT2D eigenvalue weighted by atomic mass is 9.85. The van der Waals surface area contributed by atoms with E-state index < -0.39 is 0 Å². The quantitative estimate of drug-likeness (QED) is 0.801. The SMILES string of the molecule is O=C(Nc1ccc(Br)c(Br)c1O)C1CCC1. The van der Waals surface area contributed by atoms with Crippen LogP contribution in [0.1, 0.15) is 19.3 Å². The molecule has 0 aromatic heterocycles. The maximum absolute atomic E-state index is 11.7. The number of carbonyl (C=O) groups is 1. The predicted octanol–water partition coefficient (Wildman–Crippen LogP) is 3.66. The van der Waals surface area contributed by atoms with Gasteiger partial charge in [-0.2, -0.15) is 0 Å². The van der Waals surface area contributed by atoms with E-state index in [4.69, 9.17) is 0 Å². The number of rotatable bonds is 2. The first kappa shape index (κ1) is 11.9. The van der Waals surface area contributed by atoms with Crippen molar-refractivity contribution in [2.24, 2.45) is 5.92 Å². The average Bonchev–Trinajstić information content (AvgIpc) is 2.16. The molecular weight excluding hydrogens is 338 g/mol. The Morgan fingerprint density at radius 2 is 2.06 bits per heavy atom. The number of aromatic hydroxyl groups is 1. The molecule has 1 aliphatic carbocycles. The Hall–Kier alpha value is -0.550. The summed E-state index contributed by atoms with van der Waals surface area (Å²) in [5.41, 5.74) is 0.451. The summed E-state index contributed by atoms with van der Waals surface area (Å²) in [6.07, 6.45) is 3.02. The highest BCUT2D eigenvalue weighted by molar-refractivity contribution is 9.13. The molecule has 0 radical (unpaired) electrons. The summed E-state index contributed by atoms with van der Waals surface area (Å²) in [5, 5.41) is 12.5. The van der Waals surface area contributed by atoms with E-state index in [0.717, 1.165) is 23.7 Å². The normalized spacial score (nSPS) is 15.6.